The fraction of sp³-hybridized carbons (Fsp3) is 0.700. The van der Waals surface area contributed by atoms with Crippen molar-refractivity contribution < 1.29 is 33.3 Å². The topological polar surface area (TPSA) is 110 Å². The second kappa shape index (κ2) is 7.91. The first-order chi connectivity index (χ1) is 8.75. The molecule has 9 heteroatoms. The molecular weight excluding hydrogens is 277 g/mol. The van der Waals surface area contributed by atoms with E-state index in [1.54, 1.807) is 0 Å². The van der Waals surface area contributed by atoms with Crippen molar-refractivity contribution in [2.75, 3.05) is 33.7 Å². The van der Waals surface area contributed by atoms with Crippen LogP contribution in [0.4, 0.5) is 0 Å². The standard InChI is InChI=1S/C10H18NO7P/c1-11(6-12)7-19(15,16)5-8(10(14)18-3)4-9(13)17-2/h6,8H,4-5,7H2,1-3H3,(H,15,16)/t8-/m1/s1. The molecule has 0 bridgehead atoms. The van der Waals surface area contributed by atoms with Crippen LogP contribution >= 0.6 is 7.37 Å². The highest BCUT2D eigenvalue weighted by Crippen LogP contribution is 2.43. The Balaban J connectivity index is 4.79. The Hall–Kier alpha value is -1.40. The van der Waals surface area contributed by atoms with Crippen molar-refractivity contribution in [1.29, 1.82) is 0 Å². The lowest BCUT2D eigenvalue weighted by molar-refractivity contribution is -0.151. The highest BCUT2D eigenvalue weighted by molar-refractivity contribution is 7.58. The van der Waals surface area contributed by atoms with E-state index >= 15 is 0 Å². The highest BCUT2D eigenvalue weighted by Gasteiger charge is 2.32. The van der Waals surface area contributed by atoms with Gasteiger partial charge in [-0.1, -0.05) is 0 Å². The van der Waals surface area contributed by atoms with Gasteiger partial charge in [-0.15, -0.1) is 0 Å². The molecule has 0 aromatic heterocycles. The van der Waals surface area contributed by atoms with Crippen LogP contribution in [0.5, 0.6) is 0 Å². The Morgan fingerprint density at radius 1 is 1.37 bits per heavy atom. The van der Waals surface area contributed by atoms with Crippen LogP contribution in [0.2, 0.25) is 0 Å². The first-order valence-electron chi connectivity index (χ1n) is 5.36. The van der Waals surface area contributed by atoms with Crippen LogP contribution in [0.25, 0.3) is 0 Å². The molecular formula is C10H18NO7P. The molecule has 0 aromatic carbocycles. The molecule has 0 aliphatic rings. The molecule has 0 radical (unpaired) electrons. The van der Waals surface area contributed by atoms with Gasteiger partial charge >= 0.3 is 11.9 Å². The lowest BCUT2D eigenvalue weighted by Gasteiger charge is -2.20. The third kappa shape index (κ3) is 6.93. The summed E-state index contributed by atoms with van der Waals surface area (Å²) in [6.45, 7) is 0. The van der Waals surface area contributed by atoms with Crippen LogP contribution in [-0.4, -0.2) is 61.9 Å². The highest BCUT2D eigenvalue weighted by atomic mass is 31.2. The van der Waals surface area contributed by atoms with Crippen molar-refractivity contribution >= 4 is 25.7 Å². The minimum atomic E-state index is -3.77. The Morgan fingerprint density at radius 2 is 1.95 bits per heavy atom. The largest absolute Gasteiger partial charge is 0.469 e. The molecule has 2 atom stereocenters. The molecule has 0 saturated carbocycles. The summed E-state index contributed by atoms with van der Waals surface area (Å²) in [5.74, 6) is -2.53. The van der Waals surface area contributed by atoms with Gasteiger partial charge in [0, 0.05) is 13.2 Å². The van der Waals surface area contributed by atoms with Gasteiger partial charge in [-0.05, 0) is 0 Å². The molecule has 1 amide bonds. The number of ether oxygens (including phenoxy) is 2. The number of methoxy groups -OCH3 is 2. The number of nitrogens with zero attached hydrogens (tertiary/aromatic N) is 1. The van der Waals surface area contributed by atoms with Crippen LogP contribution in [0.1, 0.15) is 6.42 Å². The van der Waals surface area contributed by atoms with Gasteiger partial charge < -0.3 is 19.3 Å². The number of carbonyl (C=O) groups excluding carboxylic acids is 3. The second-order valence-corrected chi connectivity index (χ2v) is 6.37. The molecule has 8 nitrogen and oxygen atoms in total. The maximum Gasteiger partial charge on any atom is 0.309 e. The maximum atomic E-state index is 11.9. The number of hydrogen-bond donors (Lipinski definition) is 1. The van der Waals surface area contributed by atoms with Crippen LogP contribution in [0.15, 0.2) is 0 Å². The van der Waals surface area contributed by atoms with Gasteiger partial charge in [0.15, 0.2) is 0 Å². The summed E-state index contributed by atoms with van der Waals surface area (Å²) in [5, 5.41) is 0. The van der Waals surface area contributed by atoms with E-state index in [1.807, 2.05) is 0 Å². The summed E-state index contributed by atoms with van der Waals surface area (Å²) < 4.78 is 20.8. The van der Waals surface area contributed by atoms with E-state index in [4.69, 9.17) is 0 Å². The predicted molar refractivity (Wildman–Crippen MR) is 65.5 cm³/mol. The average Bonchev–Trinajstić information content (AvgIpc) is 2.35. The first kappa shape index (κ1) is 17.6. The van der Waals surface area contributed by atoms with Gasteiger partial charge in [0.1, 0.15) is 0 Å². The molecule has 1 unspecified atom stereocenters. The molecule has 0 aromatic rings. The van der Waals surface area contributed by atoms with Crippen LogP contribution in [0.3, 0.4) is 0 Å². The van der Waals surface area contributed by atoms with E-state index in [1.165, 1.54) is 7.05 Å². The van der Waals surface area contributed by atoms with E-state index in [9.17, 15) is 23.8 Å². The third-order valence-electron chi connectivity index (χ3n) is 2.30. The van der Waals surface area contributed by atoms with Gasteiger partial charge in [-0.3, -0.25) is 18.9 Å². The minimum absolute atomic E-state index is 0.349. The number of amides is 1. The monoisotopic (exact) mass is 295 g/mol. The zero-order valence-electron chi connectivity index (χ0n) is 11.1. The fourth-order valence-electron chi connectivity index (χ4n) is 1.46. The Morgan fingerprint density at radius 3 is 2.37 bits per heavy atom. The Labute approximate surface area is 111 Å². The van der Waals surface area contributed by atoms with E-state index in [0.717, 1.165) is 19.1 Å². The number of rotatable bonds is 8. The van der Waals surface area contributed by atoms with Gasteiger partial charge in [0.2, 0.25) is 13.8 Å². The van der Waals surface area contributed by atoms with Crippen LogP contribution in [-0.2, 0) is 28.4 Å². The molecule has 0 aliphatic carbocycles. The lowest BCUT2D eigenvalue weighted by Crippen LogP contribution is -2.26. The van der Waals surface area contributed by atoms with Crippen molar-refractivity contribution in [2.24, 2.45) is 5.92 Å². The van der Waals surface area contributed by atoms with Gasteiger partial charge in [0.05, 0.1) is 32.8 Å². The molecule has 0 rings (SSSR count). The maximum absolute atomic E-state index is 11.9. The van der Waals surface area contributed by atoms with Crippen LogP contribution in [0, 0.1) is 5.92 Å². The summed E-state index contributed by atoms with van der Waals surface area (Å²) in [4.78, 5) is 43.7. The van der Waals surface area contributed by atoms with Crippen molar-refractivity contribution in [3.05, 3.63) is 0 Å². The quantitative estimate of drug-likeness (QED) is 0.370. The summed E-state index contributed by atoms with van der Waals surface area (Å²) in [6.07, 6.45) is -0.799. The fourth-order valence-corrected chi connectivity index (χ4v) is 3.30. The molecule has 19 heavy (non-hydrogen) atoms. The molecule has 0 spiro atoms. The van der Waals surface area contributed by atoms with Crippen molar-refractivity contribution in [2.45, 2.75) is 6.42 Å². The molecule has 0 aliphatic heterocycles. The van der Waals surface area contributed by atoms with E-state index in [-0.39, 0.29) is 6.42 Å². The SMILES string of the molecule is COC(=O)C[C@H](CP(=O)(O)CN(C)C=O)C(=O)OC. The van der Waals surface area contributed by atoms with E-state index in [2.05, 4.69) is 9.47 Å². The molecule has 0 fully saturated rings. The first-order valence-corrected chi connectivity index (χ1v) is 7.39. The summed E-state index contributed by atoms with van der Waals surface area (Å²) in [5.41, 5.74) is 0. The van der Waals surface area contributed by atoms with Crippen molar-refractivity contribution in [3.8, 4) is 0 Å². The molecule has 1 N–H and O–H groups in total. The minimum Gasteiger partial charge on any atom is -0.469 e. The number of hydrogen-bond acceptors (Lipinski definition) is 6. The number of carbonyl (C=O) groups is 3. The lowest BCUT2D eigenvalue weighted by atomic mass is 10.1. The summed E-state index contributed by atoms with van der Waals surface area (Å²) in [6, 6.07) is 0. The van der Waals surface area contributed by atoms with Gasteiger partial charge in [-0.25, -0.2) is 0 Å². The second-order valence-electron chi connectivity index (χ2n) is 4.03. The van der Waals surface area contributed by atoms with E-state index < -0.39 is 37.7 Å². The van der Waals surface area contributed by atoms with Gasteiger partial charge in [0.25, 0.3) is 0 Å². The number of esters is 2. The average molecular weight is 295 g/mol. The molecule has 0 heterocycles. The predicted octanol–water partition coefficient (Wildman–Crippen LogP) is -0.345. The summed E-state index contributed by atoms with van der Waals surface area (Å²) in [7, 11) is -0.167. The Bertz CT molecular complexity index is 384. The van der Waals surface area contributed by atoms with Crippen LogP contribution < -0.4 is 0 Å². The zero-order chi connectivity index (χ0) is 15.1. The van der Waals surface area contributed by atoms with Crippen molar-refractivity contribution in [1.82, 2.24) is 4.90 Å². The molecule has 110 valence electrons. The Kier molecular flexibility index (Phi) is 7.33. The summed E-state index contributed by atoms with van der Waals surface area (Å²) >= 11 is 0. The third-order valence-corrected chi connectivity index (χ3v) is 4.20. The zero-order valence-corrected chi connectivity index (χ0v) is 12.0. The van der Waals surface area contributed by atoms with E-state index in [0.29, 0.717) is 6.41 Å². The normalized spacial score (nSPS) is 14.9. The molecule has 0 saturated heterocycles. The van der Waals surface area contributed by atoms with Crippen molar-refractivity contribution in [3.63, 3.8) is 0 Å². The smallest absolute Gasteiger partial charge is 0.309 e. The van der Waals surface area contributed by atoms with Gasteiger partial charge in [-0.2, -0.15) is 0 Å².